The molecule has 1 saturated heterocycles. The molecule has 4 aromatic carbocycles. The maximum absolute atomic E-state index is 13.2. The number of methoxy groups -OCH3 is 3. The smallest absolute Gasteiger partial charge is 0.255 e. The van der Waals surface area contributed by atoms with Crippen LogP contribution in [0.25, 0.3) is 22.3 Å². The third kappa shape index (κ3) is 7.46. The largest absolute Gasteiger partial charge is 0.497 e. The summed E-state index contributed by atoms with van der Waals surface area (Å²) in [7, 11) is 6.97. The van der Waals surface area contributed by atoms with Crippen molar-refractivity contribution in [2.75, 3.05) is 53.6 Å². The van der Waals surface area contributed by atoms with Crippen molar-refractivity contribution in [3.63, 3.8) is 0 Å². The van der Waals surface area contributed by atoms with Crippen LogP contribution < -0.4 is 24.3 Å². The first-order chi connectivity index (χ1) is 21.0. The number of carbonyl (C=O) groups is 1. The Morgan fingerprint density at radius 2 is 1.58 bits per heavy atom. The highest BCUT2D eigenvalue weighted by Gasteiger charge is 2.19. The molecule has 5 rings (SSSR count). The number of ether oxygens (including phenoxy) is 5. The summed E-state index contributed by atoms with van der Waals surface area (Å²) in [5.41, 5.74) is 4.73. The van der Waals surface area contributed by atoms with Crippen LogP contribution in [0, 0.1) is 0 Å². The van der Waals surface area contributed by atoms with Gasteiger partial charge in [0, 0.05) is 48.6 Å². The third-order valence-electron chi connectivity index (χ3n) is 7.55. The summed E-state index contributed by atoms with van der Waals surface area (Å²) < 4.78 is 28.3. The molecule has 1 aliphatic heterocycles. The van der Waals surface area contributed by atoms with Crippen LogP contribution >= 0.6 is 0 Å². The standard InChI is InChI=1S/C35H38N2O6/c1-37-18-16-28(17-19-37)43-30-13-14-31(34(22-30)42-23-39-2)24-8-11-27(12-9-24)36-35(38)26-10-15-33(41-4)32(21-26)25-6-5-7-29(20-25)40-3/h5-15,20-22,28H,16-19,23H2,1-4H3,(H,36,38). The number of piperidine rings is 1. The zero-order chi connectivity index (χ0) is 30.2. The van der Waals surface area contributed by atoms with Gasteiger partial charge in [-0.2, -0.15) is 0 Å². The van der Waals surface area contributed by atoms with E-state index in [1.165, 1.54) is 0 Å². The molecule has 1 fully saturated rings. The summed E-state index contributed by atoms with van der Waals surface area (Å²) in [5.74, 6) is 2.63. The molecule has 0 aliphatic carbocycles. The summed E-state index contributed by atoms with van der Waals surface area (Å²) in [6.07, 6.45) is 2.19. The Hall–Kier alpha value is -4.53. The van der Waals surface area contributed by atoms with Crippen molar-refractivity contribution in [1.82, 2.24) is 4.90 Å². The van der Waals surface area contributed by atoms with Crippen LogP contribution in [-0.4, -0.2) is 65.2 Å². The van der Waals surface area contributed by atoms with Crippen LogP contribution in [0.15, 0.2) is 84.9 Å². The second-order valence-corrected chi connectivity index (χ2v) is 10.5. The Morgan fingerprint density at radius 3 is 2.30 bits per heavy atom. The molecule has 1 N–H and O–H groups in total. The Balaban J connectivity index is 1.32. The third-order valence-corrected chi connectivity index (χ3v) is 7.55. The Labute approximate surface area is 253 Å². The highest BCUT2D eigenvalue weighted by molar-refractivity contribution is 6.05. The van der Waals surface area contributed by atoms with Gasteiger partial charge in [-0.15, -0.1) is 0 Å². The van der Waals surface area contributed by atoms with Gasteiger partial charge in [0.25, 0.3) is 5.91 Å². The normalized spacial score (nSPS) is 13.8. The van der Waals surface area contributed by atoms with Crippen molar-refractivity contribution in [3.8, 4) is 45.3 Å². The molecule has 0 radical (unpaired) electrons. The van der Waals surface area contributed by atoms with Crippen molar-refractivity contribution in [2.45, 2.75) is 18.9 Å². The van der Waals surface area contributed by atoms with E-state index in [9.17, 15) is 4.79 Å². The van der Waals surface area contributed by atoms with E-state index in [1.54, 1.807) is 33.5 Å². The topological polar surface area (TPSA) is 78.5 Å². The second-order valence-electron chi connectivity index (χ2n) is 10.5. The van der Waals surface area contributed by atoms with Crippen LogP contribution in [-0.2, 0) is 4.74 Å². The first-order valence-electron chi connectivity index (χ1n) is 14.3. The fourth-order valence-corrected chi connectivity index (χ4v) is 5.15. The number of likely N-dealkylation sites (tertiary alicyclic amines) is 1. The number of benzene rings is 4. The van der Waals surface area contributed by atoms with E-state index in [-0.39, 0.29) is 18.8 Å². The number of hydrogen-bond donors (Lipinski definition) is 1. The summed E-state index contributed by atoms with van der Waals surface area (Å²) in [5, 5.41) is 3.00. The molecular formula is C35H38N2O6. The lowest BCUT2D eigenvalue weighted by molar-refractivity contribution is 0.0510. The minimum absolute atomic E-state index is 0.123. The van der Waals surface area contributed by atoms with Gasteiger partial charge in [0.2, 0.25) is 0 Å². The van der Waals surface area contributed by atoms with E-state index in [2.05, 4.69) is 17.3 Å². The van der Waals surface area contributed by atoms with Gasteiger partial charge in [-0.3, -0.25) is 4.79 Å². The predicted molar refractivity (Wildman–Crippen MR) is 168 cm³/mol. The number of amides is 1. The van der Waals surface area contributed by atoms with Crippen molar-refractivity contribution in [2.24, 2.45) is 0 Å². The Morgan fingerprint density at radius 1 is 0.791 bits per heavy atom. The van der Waals surface area contributed by atoms with Gasteiger partial charge >= 0.3 is 0 Å². The maximum Gasteiger partial charge on any atom is 0.255 e. The van der Waals surface area contributed by atoms with E-state index in [1.807, 2.05) is 72.8 Å². The molecule has 4 aromatic rings. The second kappa shape index (κ2) is 14.1. The van der Waals surface area contributed by atoms with Gasteiger partial charge in [0.05, 0.1) is 14.2 Å². The van der Waals surface area contributed by atoms with Gasteiger partial charge in [-0.25, -0.2) is 0 Å². The first-order valence-corrected chi connectivity index (χ1v) is 14.3. The average Bonchev–Trinajstić information content (AvgIpc) is 3.05. The van der Waals surface area contributed by atoms with Gasteiger partial charge in [0.1, 0.15) is 29.1 Å². The molecule has 0 atom stereocenters. The highest BCUT2D eigenvalue weighted by atomic mass is 16.7. The van der Waals surface area contributed by atoms with Crippen LogP contribution in [0.5, 0.6) is 23.0 Å². The number of nitrogens with zero attached hydrogens (tertiary/aromatic N) is 1. The van der Waals surface area contributed by atoms with Crippen LogP contribution in [0.4, 0.5) is 5.69 Å². The zero-order valence-corrected chi connectivity index (χ0v) is 25.1. The SMILES string of the molecule is COCOc1cc(OC2CCN(C)CC2)ccc1-c1ccc(NC(=O)c2ccc(OC)c(-c3cccc(OC)c3)c2)cc1. The number of nitrogens with one attached hydrogen (secondary N) is 1. The van der Waals surface area contributed by atoms with Crippen molar-refractivity contribution < 1.29 is 28.5 Å². The molecular weight excluding hydrogens is 544 g/mol. The van der Waals surface area contributed by atoms with E-state index < -0.39 is 0 Å². The summed E-state index contributed by atoms with van der Waals surface area (Å²) in [6.45, 7) is 2.18. The molecule has 1 aliphatic rings. The van der Waals surface area contributed by atoms with Crippen LogP contribution in [0.3, 0.4) is 0 Å². The van der Waals surface area contributed by atoms with E-state index in [4.69, 9.17) is 23.7 Å². The van der Waals surface area contributed by atoms with E-state index in [0.717, 1.165) is 59.7 Å². The van der Waals surface area contributed by atoms with E-state index >= 15 is 0 Å². The van der Waals surface area contributed by atoms with Crippen LogP contribution in [0.1, 0.15) is 23.2 Å². The van der Waals surface area contributed by atoms with Gasteiger partial charge in [0.15, 0.2) is 6.79 Å². The molecule has 8 nitrogen and oxygen atoms in total. The fraction of sp³-hybridized carbons (Fsp3) is 0.286. The number of anilines is 1. The van der Waals surface area contributed by atoms with Gasteiger partial charge in [-0.05, 0) is 85.6 Å². The molecule has 0 spiro atoms. The molecule has 0 bridgehead atoms. The highest BCUT2D eigenvalue weighted by Crippen LogP contribution is 2.36. The monoisotopic (exact) mass is 582 g/mol. The zero-order valence-electron chi connectivity index (χ0n) is 25.1. The van der Waals surface area contributed by atoms with Gasteiger partial charge < -0.3 is 33.9 Å². The molecule has 0 aromatic heterocycles. The lowest BCUT2D eigenvalue weighted by atomic mass is 10.0. The fourth-order valence-electron chi connectivity index (χ4n) is 5.15. The van der Waals surface area contributed by atoms with E-state index in [0.29, 0.717) is 22.7 Å². The number of rotatable bonds is 11. The number of carbonyl (C=O) groups excluding carboxylic acids is 1. The minimum Gasteiger partial charge on any atom is -0.497 e. The molecule has 8 heteroatoms. The summed E-state index contributed by atoms with van der Waals surface area (Å²) in [6, 6.07) is 26.6. The Kier molecular flexibility index (Phi) is 9.81. The summed E-state index contributed by atoms with van der Waals surface area (Å²) >= 11 is 0. The average molecular weight is 583 g/mol. The molecule has 1 amide bonds. The minimum atomic E-state index is -0.223. The van der Waals surface area contributed by atoms with Crippen molar-refractivity contribution in [1.29, 1.82) is 0 Å². The molecule has 0 saturated carbocycles. The summed E-state index contributed by atoms with van der Waals surface area (Å²) in [4.78, 5) is 15.6. The Bertz CT molecular complexity index is 1530. The van der Waals surface area contributed by atoms with Crippen LogP contribution in [0.2, 0.25) is 0 Å². The maximum atomic E-state index is 13.2. The lowest BCUT2D eigenvalue weighted by Crippen LogP contribution is -2.35. The van der Waals surface area contributed by atoms with Gasteiger partial charge in [-0.1, -0.05) is 24.3 Å². The molecule has 1 heterocycles. The van der Waals surface area contributed by atoms with Crippen molar-refractivity contribution >= 4 is 11.6 Å². The van der Waals surface area contributed by atoms with Crippen molar-refractivity contribution in [3.05, 3.63) is 90.5 Å². The number of hydrogen-bond acceptors (Lipinski definition) is 7. The predicted octanol–water partition coefficient (Wildman–Crippen LogP) is 6.75. The lowest BCUT2D eigenvalue weighted by Gasteiger charge is -2.29. The molecule has 224 valence electrons. The molecule has 0 unspecified atom stereocenters. The molecule has 43 heavy (non-hydrogen) atoms. The first kappa shape index (κ1) is 29.9. The quantitative estimate of drug-likeness (QED) is 0.196.